The van der Waals surface area contributed by atoms with E-state index in [4.69, 9.17) is 11.6 Å². The second kappa shape index (κ2) is 5.65. The van der Waals surface area contributed by atoms with Crippen molar-refractivity contribution < 1.29 is 4.79 Å². The quantitative estimate of drug-likeness (QED) is 0.808. The maximum absolute atomic E-state index is 12.3. The highest BCUT2D eigenvalue weighted by atomic mass is 35.5. The summed E-state index contributed by atoms with van der Waals surface area (Å²) in [5, 5.41) is 11.8. The van der Waals surface area contributed by atoms with Crippen LogP contribution in [0.5, 0.6) is 0 Å². The number of anilines is 1. The molecule has 22 heavy (non-hydrogen) atoms. The van der Waals surface area contributed by atoms with Gasteiger partial charge in [0.2, 0.25) is 0 Å². The lowest BCUT2D eigenvalue weighted by molar-refractivity contribution is 0.101. The van der Waals surface area contributed by atoms with Crippen molar-refractivity contribution in [2.75, 3.05) is 5.32 Å². The lowest BCUT2D eigenvalue weighted by atomic mass is 10.1. The first-order chi connectivity index (χ1) is 10.5. The van der Waals surface area contributed by atoms with Crippen LogP contribution in [0.4, 0.5) is 5.69 Å². The van der Waals surface area contributed by atoms with Gasteiger partial charge in [0.05, 0.1) is 17.6 Å². The molecule has 2 aromatic heterocycles. The van der Waals surface area contributed by atoms with E-state index in [1.165, 1.54) is 0 Å². The zero-order valence-corrected chi connectivity index (χ0v) is 12.9. The number of rotatable bonds is 3. The van der Waals surface area contributed by atoms with E-state index in [0.29, 0.717) is 16.4 Å². The zero-order valence-electron chi connectivity index (χ0n) is 12.1. The Hall–Kier alpha value is -2.60. The number of nitrogens with zero attached hydrogens (tertiary/aromatic N) is 4. The Morgan fingerprint density at radius 3 is 2.59 bits per heavy atom. The van der Waals surface area contributed by atoms with Crippen molar-refractivity contribution in [3.05, 3.63) is 53.4 Å². The monoisotopic (exact) mass is 315 g/mol. The number of nitrogens with one attached hydrogen (secondary N) is 1. The van der Waals surface area contributed by atoms with Crippen molar-refractivity contribution in [1.29, 1.82) is 0 Å². The molecular formula is C15H14ClN5O. The molecule has 0 saturated heterocycles. The fraction of sp³-hybridized carbons (Fsp3) is 0.133. The van der Waals surface area contributed by atoms with Gasteiger partial charge in [-0.1, -0.05) is 23.7 Å². The summed E-state index contributed by atoms with van der Waals surface area (Å²) < 4.78 is 3.17. The summed E-state index contributed by atoms with van der Waals surface area (Å²) in [6.07, 6.45) is 3.32. The van der Waals surface area contributed by atoms with Gasteiger partial charge in [-0.3, -0.25) is 14.2 Å². The molecule has 0 atom stereocenters. The molecule has 0 spiro atoms. The average molecular weight is 316 g/mol. The predicted octanol–water partition coefficient (Wildman–Crippen LogP) is 2.73. The average Bonchev–Trinajstić information content (AvgIpc) is 3.06. The second-order valence-corrected chi connectivity index (χ2v) is 5.34. The largest absolute Gasteiger partial charge is 0.318 e. The summed E-state index contributed by atoms with van der Waals surface area (Å²) in [4.78, 5) is 12.3. The van der Waals surface area contributed by atoms with Crippen LogP contribution >= 0.6 is 11.6 Å². The molecule has 3 aromatic rings. The molecule has 0 aliphatic heterocycles. The molecule has 112 valence electrons. The summed E-state index contributed by atoms with van der Waals surface area (Å²) in [7, 11) is 3.52. The smallest absolute Gasteiger partial charge is 0.274 e. The van der Waals surface area contributed by atoms with E-state index in [-0.39, 0.29) is 5.91 Å². The van der Waals surface area contributed by atoms with Gasteiger partial charge in [-0.25, -0.2) is 0 Å². The normalized spacial score (nSPS) is 10.7. The van der Waals surface area contributed by atoms with Gasteiger partial charge in [0.1, 0.15) is 5.69 Å². The Morgan fingerprint density at radius 2 is 1.95 bits per heavy atom. The van der Waals surface area contributed by atoms with E-state index in [2.05, 4.69) is 15.5 Å². The first-order valence-corrected chi connectivity index (χ1v) is 7.01. The van der Waals surface area contributed by atoms with Crippen molar-refractivity contribution in [2.24, 2.45) is 14.1 Å². The molecule has 0 aliphatic carbocycles. The van der Waals surface area contributed by atoms with E-state index >= 15 is 0 Å². The number of aryl methyl sites for hydroxylation is 2. The van der Waals surface area contributed by atoms with Crippen molar-refractivity contribution in [3.63, 3.8) is 0 Å². The SMILES string of the molecule is Cn1cc(NC(=O)c2cc(-c3ccc(Cl)cc3)nn2C)cn1. The van der Waals surface area contributed by atoms with Crippen molar-refractivity contribution >= 4 is 23.2 Å². The molecule has 0 saturated carbocycles. The van der Waals surface area contributed by atoms with Crippen LogP contribution in [0.3, 0.4) is 0 Å². The van der Waals surface area contributed by atoms with Crippen molar-refractivity contribution in [3.8, 4) is 11.3 Å². The van der Waals surface area contributed by atoms with Gasteiger partial charge >= 0.3 is 0 Å². The highest BCUT2D eigenvalue weighted by Crippen LogP contribution is 2.21. The van der Waals surface area contributed by atoms with Gasteiger partial charge in [0.25, 0.3) is 5.91 Å². The minimum atomic E-state index is -0.233. The third kappa shape index (κ3) is 2.87. The fourth-order valence-corrected chi connectivity index (χ4v) is 2.25. The summed E-state index contributed by atoms with van der Waals surface area (Å²) in [6.45, 7) is 0. The molecule has 0 radical (unpaired) electrons. The maximum Gasteiger partial charge on any atom is 0.274 e. The van der Waals surface area contributed by atoms with Crippen LogP contribution in [0.1, 0.15) is 10.5 Å². The maximum atomic E-state index is 12.3. The third-order valence-corrected chi connectivity index (χ3v) is 3.47. The Kier molecular flexibility index (Phi) is 3.68. The standard InChI is InChI=1S/C15H14ClN5O/c1-20-9-12(8-17-20)18-15(22)14-7-13(19-21(14)2)10-3-5-11(16)6-4-10/h3-9H,1-2H3,(H,18,22). The number of hydrogen-bond donors (Lipinski definition) is 1. The minimum absolute atomic E-state index is 0.233. The second-order valence-electron chi connectivity index (χ2n) is 4.90. The van der Waals surface area contributed by atoms with Gasteiger partial charge in [-0.2, -0.15) is 10.2 Å². The number of benzene rings is 1. The molecule has 6 nitrogen and oxygen atoms in total. The minimum Gasteiger partial charge on any atom is -0.318 e. The first-order valence-electron chi connectivity index (χ1n) is 6.63. The summed E-state index contributed by atoms with van der Waals surface area (Å²) in [5.41, 5.74) is 2.73. The first kappa shape index (κ1) is 14.3. The van der Waals surface area contributed by atoms with E-state index in [0.717, 1.165) is 11.3 Å². The molecular weight excluding hydrogens is 302 g/mol. The molecule has 0 aliphatic rings. The van der Waals surface area contributed by atoms with Crippen LogP contribution < -0.4 is 5.32 Å². The van der Waals surface area contributed by atoms with Gasteiger partial charge < -0.3 is 5.32 Å². The van der Waals surface area contributed by atoms with Gasteiger partial charge in [-0.05, 0) is 18.2 Å². The summed E-state index contributed by atoms with van der Waals surface area (Å²) >= 11 is 5.88. The molecule has 0 bridgehead atoms. The van der Waals surface area contributed by atoms with Gasteiger partial charge in [0.15, 0.2) is 0 Å². The van der Waals surface area contributed by atoms with E-state index in [1.807, 2.05) is 12.1 Å². The number of aromatic nitrogens is 4. The highest BCUT2D eigenvalue weighted by molar-refractivity contribution is 6.30. The predicted molar refractivity (Wildman–Crippen MR) is 84.8 cm³/mol. The Morgan fingerprint density at radius 1 is 1.23 bits per heavy atom. The molecule has 1 amide bonds. The van der Waals surface area contributed by atoms with Crippen molar-refractivity contribution in [1.82, 2.24) is 19.6 Å². The molecule has 1 aromatic carbocycles. The van der Waals surface area contributed by atoms with E-state index in [9.17, 15) is 4.79 Å². The van der Waals surface area contributed by atoms with Crippen LogP contribution in [0.15, 0.2) is 42.7 Å². The fourth-order valence-electron chi connectivity index (χ4n) is 2.12. The Bertz CT molecular complexity index is 819. The molecule has 0 fully saturated rings. The lowest BCUT2D eigenvalue weighted by Gasteiger charge is -2.01. The number of hydrogen-bond acceptors (Lipinski definition) is 3. The van der Waals surface area contributed by atoms with Crippen LogP contribution in [0.2, 0.25) is 5.02 Å². The van der Waals surface area contributed by atoms with Crippen LogP contribution in [0.25, 0.3) is 11.3 Å². The number of carbonyl (C=O) groups is 1. The van der Waals surface area contributed by atoms with E-state index in [1.54, 1.807) is 54.1 Å². The topological polar surface area (TPSA) is 64.7 Å². The number of halogens is 1. The lowest BCUT2D eigenvalue weighted by Crippen LogP contribution is -2.15. The number of amides is 1. The van der Waals surface area contributed by atoms with E-state index < -0.39 is 0 Å². The highest BCUT2D eigenvalue weighted by Gasteiger charge is 2.15. The summed E-state index contributed by atoms with van der Waals surface area (Å²) in [5.74, 6) is -0.233. The van der Waals surface area contributed by atoms with Gasteiger partial charge in [0, 0.05) is 30.9 Å². The molecule has 7 heteroatoms. The van der Waals surface area contributed by atoms with Crippen molar-refractivity contribution in [2.45, 2.75) is 0 Å². The molecule has 0 unspecified atom stereocenters. The summed E-state index contributed by atoms with van der Waals surface area (Å²) in [6, 6.07) is 9.07. The Balaban J connectivity index is 1.85. The molecule has 1 N–H and O–H groups in total. The van der Waals surface area contributed by atoms with Crippen LogP contribution in [-0.2, 0) is 14.1 Å². The van der Waals surface area contributed by atoms with Crippen LogP contribution in [-0.4, -0.2) is 25.5 Å². The zero-order chi connectivity index (χ0) is 15.7. The third-order valence-electron chi connectivity index (χ3n) is 3.22. The Labute approximate surface area is 132 Å². The molecule has 2 heterocycles. The molecule has 3 rings (SSSR count). The number of carbonyl (C=O) groups excluding carboxylic acids is 1. The van der Waals surface area contributed by atoms with Crippen LogP contribution in [0, 0.1) is 0 Å². The van der Waals surface area contributed by atoms with Gasteiger partial charge in [-0.15, -0.1) is 0 Å².